The van der Waals surface area contributed by atoms with Crippen LogP contribution >= 0.6 is 11.3 Å². The van der Waals surface area contributed by atoms with Crippen molar-refractivity contribution in [2.75, 3.05) is 5.32 Å². The Morgan fingerprint density at radius 2 is 1.79 bits per heavy atom. The van der Waals surface area contributed by atoms with Crippen LogP contribution in [0.2, 0.25) is 0 Å². The second-order valence-corrected chi connectivity index (χ2v) is 8.35. The van der Waals surface area contributed by atoms with E-state index in [4.69, 9.17) is 5.73 Å². The number of nitrogens with two attached hydrogens (primary N) is 1. The third kappa shape index (κ3) is 4.41. The van der Waals surface area contributed by atoms with E-state index in [-0.39, 0.29) is 11.9 Å². The lowest BCUT2D eigenvalue weighted by Gasteiger charge is -2.16. The van der Waals surface area contributed by atoms with Gasteiger partial charge in [0.15, 0.2) is 5.13 Å². The molecular weight excluding hydrogens is 378 g/mol. The van der Waals surface area contributed by atoms with Gasteiger partial charge in [0.2, 0.25) is 5.91 Å². The van der Waals surface area contributed by atoms with Gasteiger partial charge in [-0.2, -0.15) is 0 Å². The molecule has 0 aliphatic heterocycles. The monoisotopic (exact) mass is 407 g/mol. The number of carbonyl (C=O) groups is 1. The molecule has 4 nitrogen and oxygen atoms in total. The van der Waals surface area contributed by atoms with E-state index in [9.17, 15) is 4.79 Å². The Morgan fingerprint density at radius 3 is 2.41 bits per heavy atom. The van der Waals surface area contributed by atoms with Gasteiger partial charge in [-0.3, -0.25) is 4.79 Å². The van der Waals surface area contributed by atoms with Crippen molar-refractivity contribution in [3.63, 3.8) is 0 Å². The van der Waals surface area contributed by atoms with Crippen LogP contribution in [0.5, 0.6) is 0 Å². The largest absolute Gasteiger partial charge is 0.320 e. The van der Waals surface area contributed by atoms with Crippen molar-refractivity contribution in [3.8, 4) is 0 Å². The standard InChI is InChI=1S/C22H23N3OS.C2H6/c1-14-8-9-17(12-15(14)2)22(10-11-22)20(26)25-21-24-13-18(27-21)19(23)16-6-4-3-5-7-16;1-2/h3-9,12-13,19H,10-11,23H2,1-2H3,(H,24,25,26);1-2H3/t19-;/m0./s1. The summed E-state index contributed by atoms with van der Waals surface area (Å²) in [5.41, 5.74) is 10.5. The summed E-state index contributed by atoms with van der Waals surface area (Å²) in [6.07, 6.45) is 3.51. The van der Waals surface area contributed by atoms with Crippen LogP contribution in [0.4, 0.5) is 5.13 Å². The number of amides is 1. The van der Waals surface area contributed by atoms with Crippen LogP contribution in [-0.2, 0) is 10.2 Å². The number of thiazole rings is 1. The molecule has 5 heteroatoms. The van der Waals surface area contributed by atoms with Crippen molar-refractivity contribution in [1.29, 1.82) is 0 Å². The van der Waals surface area contributed by atoms with Gasteiger partial charge in [-0.1, -0.05) is 73.7 Å². The number of anilines is 1. The first-order valence-corrected chi connectivity index (χ1v) is 11.0. The van der Waals surface area contributed by atoms with E-state index in [2.05, 4.69) is 42.3 Å². The first kappa shape index (κ1) is 21.2. The Hall–Kier alpha value is -2.50. The maximum Gasteiger partial charge on any atom is 0.236 e. The molecule has 0 spiro atoms. The molecule has 1 atom stereocenters. The Bertz CT molecular complexity index is 977. The van der Waals surface area contributed by atoms with Gasteiger partial charge in [-0.05, 0) is 48.9 Å². The summed E-state index contributed by atoms with van der Waals surface area (Å²) in [5.74, 6) is 0.0277. The lowest BCUT2D eigenvalue weighted by molar-refractivity contribution is -0.118. The van der Waals surface area contributed by atoms with Gasteiger partial charge in [-0.15, -0.1) is 0 Å². The second-order valence-electron chi connectivity index (χ2n) is 7.29. The Morgan fingerprint density at radius 1 is 1.10 bits per heavy atom. The van der Waals surface area contributed by atoms with E-state index in [1.807, 2.05) is 44.2 Å². The van der Waals surface area contributed by atoms with E-state index < -0.39 is 5.41 Å². The molecule has 1 aliphatic rings. The van der Waals surface area contributed by atoms with Crippen molar-refractivity contribution in [2.45, 2.75) is 52.0 Å². The zero-order valence-corrected chi connectivity index (χ0v) is 18.3. The average molecular weight is 408 g/mol. The van der Waals surface area contributed by atoms with E-state index in [0.29, 0.717) is 5.13 Å². The minimum absolute atomic E-state index is 0.0277. The van der Waals surface area contributed by atoms with Crippen LogP contribution in [-0.4, -0.2) is 10.9 Å². The minimum atomic E-state index is -0.411. The van der Waals surface area contributed by atoms with Gasteiger partial charge in [0, 0.05) is 11.1 Å². The molecule has 1 aliphatic carbocycles. The number of nitrogens with one attached hydrogen (secondary N) is 1. The molecule has 1 heterocycles. The quantitative estimate of drug-likeness (QED) is 0.586. The Kier molecular flexibility index (Phi) is 6.50. The topological polar surface area (TPSA) is 68.0 Å². The highest BCUT2D eigenvalue weighted by Gasteiger charge is 2.51. The molecule has 1 fully saturated rings. The van der Waals surface area contributed by atoms with Crippen LogP contribution in [0.15, 0.2) is 54.7 Å². The van der Waals surface area contributed by atoms with Crippen molar-refractivity contribution in [2.24, 2.45) is 5.73 Å². The normalized spacial score (nSPS) is 15.1. The molecule has 0 radical (unpaired) electrons. The molecule has 3 N–H and O–H groups in total. The predicted molar refractivity (Wildman–Crippen MR) is 121 cm³/mol. The van der Waals surface area contributed by atoms with Gasteiger partial charge >= 0.3 is 0 Å². The number of aromatic nitrogens is 1. The summed E-state index contributed by atoms with van der Waals surface area (Å²) < 4.78 is 0. The number of benzene rings is 2. The van der Waals surface area contributed by atoms with Crippen LogP contribution in [0.25, 0.3) is 0 Å². The number of hydrogen-bond donors (Lipinski definition) is 2. The molecule has 29 heavy (non-hydrogen) atoms. The van der Waals surface area contributed by atoms with E-state index in [1.54, 1.807) is 6.20 Å². The highest BCUT2D eigenvalue weighted by Crippen LogP contribution is 2.49. The van der Waals surface area contributed by atoms with E-state index in [1.165, 1.54) is 22.5 Å². The number of aryl methyl sites for hydroxylation is 2. The predicted octanol–water partition coefficient (Wildman–Crippen LogP) is 5.50. The molecule has 0 unspecified atom stereocenters. The average Bonchev–Trinajstić information content (AvgIpc) is 3.44. The van der Waals surface area contributed by atoms with Crippen molar-refractivity contribution >= 4 is 22.4 Å². The fraction of sp³-hybridized carbons (Fsp3) is 0.333. The van der Waals surface area contributed by atoms with E-state index >= 15 is 0 Å². The number of rotatable bonds is 5. The van der Waals surface area contributed by atoms with Gasteiger partial charge < -0.3 is 11.1 Å². The molecule has 4 rings (SSSR count). The van der Waals surface area contributed by atoms with Gasteiger partial charge in [-0.25, -0.2) is 4.98 Å². The number of carbonyl (C=O) groups excluding carboxylic acids is 1. The van der Waals surface area contributed by atoms with Gasteiger partial charge in [0.05, 0.1) is 11.5 Å². The molecule has 152 valence electrons. The summed E-state index contributed by atoms with van der Waals surface area (Å²) in [6.45, 7) is 8.18. The maximum atomic E-state index is 13.0. The molecular formula is C24H29N3OS. The summed E-state index contributed by atoms with van der Waals surface area (Å²) in [6, 6.07) is 16.0. The van der Waals surface area contributed by atoms with Gasteiger partial charge in [0.1, 0.15) is 0 Å². The fourth-order valence-corrected chi connectivity index (χ4v) is 4.18. The van der Waals surface area contributed by atoms with Crippen molar-refractivity contribution in [3.05, 3.63) is 81.9 Å². The molecule has 1 aromatic heterocycles. The first-order valence-electron chi connectivity index (χ1n) is 10.1. The fourth-order valence-electron chi connectivity index (χ4n) is 3.34. The summed E-state index contributed by atoms with van der Waals surface area (Å²) >= 11 is 1.44. The second kappa shape index (κ2) is 8.89. The third-order valence-electron chi connectivity index (χ3n) is 5.45. The summed E-state index contributed by atoms with van der Waals surface area (Å²) in [7, 11) is 0. The Balaban J connectivity index is 0.00000117. The summed E-state index contributed by atoms with van der Waals surface area (Å²) in [4.78, 5) is 18.3. The van der Waals surface area contributed by atoms with Gasteiger partial charge in [0.25, 0.3) is 0 Å². The third-order valence-corrected chi connectivity index (χ3v) is 6.45. The highest BCUT2D eigenvalue weighted by atomic mass is 32.1. The molecule has 0 bridgehead atoms. The van der Waals surface area contributed by atoms with Crippen LogP contribution in [0.1, 0.15) is 59.9 Å². The smallest absolute Gasteiger partial charge is 0.236 e. The molecule has 0 saturated heterocycles. The maximum absolute atomic E-state index is 13.0. The van der Waals surface area contributed by atoms with E-state index in [0.717, 1.165) is 28.8 Å². The Labute approximate surface area is 177 Å². The molecule has 3 aromatic rings. The van der Waals surface area contributed by atoms with Crippen LogP contribution in [0.3, 0.4) is 0 Å². The zero-order valence-electron chi connectivity index (χ0n) is 17.5. The van der Waals surface area contributed by atoms with Crippen LogP contribution < -0.4 is 11.1 Å². The SMILES string of the molecule is CC.Cc1ccc(C2(C(=O)Nc3ncc([C@@H](N)c4ccccc4)s3)CC2)cc1C. The van der Waals surface area contributed by atoms with Crippen molar-refractivity contribution in [1.82, 2.24) is 4.98 Å². The number of nitrogens with zero attached hydrogens (tertiary/aromatic N) is 1. The first-order chi connectivity index (χ1) is 14.0. The van der Waals surface area contributed by atoms with Crippen molar-refractivity contribution < 1.29 is 4.79 Å². The van der Waals surface area contributed by atoms with Crippen LogP contribution in [0, 0.1) is 13.8 Å². The lowest BCUT2D eigenvalue weighted by atomic mass is 9.92. The number of hydrogen-bond acceptors (Lipinski definition) is 4. The minimum Gasteiger partial charge on any atom is -0.320 e. The highest BCUT2D eigenvalue weighted by molar-refractivity contribution is 7.15. The molecule has 2 aromatic carbocycles. The summed E-state index contributed by atoms with van der Waals surface area (Å²) in [5, 5.41) is 3.62. The molecule has 1 saturated carbocycles. The molecule has 1 amide bonds. The zero-order chi connectivity index (χ0) is 21.0. The lowest BCUT2D eigenvalue weighted by Crippen LogP contribution is -2.27.